The number of hydrogen-bond acceptors (Lipinski definition) is 7. The van der Waals surface area contributed by atoms with Gasteiger partial charge in [-0.3, -0.25) is 9.69 Å². The third kappa shape index (κ3) is 6.52. The highest BCUT2D eigenvalue weighted by Gasteiger charge is 2.39. The predicted molar refractivity (Wildman–Crippen MR) is 97.7 cm³/mol. The van der Waals surface area contributed by atoms with E-state index in [1.54, 1.807) is 20.8 Å². The number of hydrogen-bond donors (Lipinski definition) is 3. The van der Waals surface area contributed by atoms with Crippen LogP contribution in [-0.2, 0) is 9.53 Å². The molecule has 1 rings (SSSR count). The van der Waals surface area contributed by atoms with Gasteiger partial charge in [-0.15, -0.1) is 0 Å². The topological polar surface area (TPSA) is 96.0 Å². The van der Waals surface area contributed by atoms with Crippen molar-refractivity contribution in [2.75, 3.05) is 18.8 Å². The smallest absolute Gasteiger partial charge is 0.312 e. The highest BCUT2D eigenvalue weighted by atomic mass is 32.2. The molecule has 1 saturated heterocycles. The first-order valence-electron chi connectivity index (χ1n) is 8.77. The number of carbonyl (C=O) groups is 1. The van der Waals surface area contributed by atoms with E-state index in [0.29, 0.717) is 18.1 Å². The summed E-state index contributed by atoms with van der Waals surface area (Å²) in [5, 5.41) is 21.6. The molecule has 0 aromatic carbocycles. The molecular formula is C17H34N2O4S. The lowest BCUT2D eigenvalue weighted by Crippen LogP contribution is -2.59. The number of nitrogens with zero attached hydrogens (tertiary/aromatic N) is 1. The molecule has 24 heavy (non-hydrogen) atoms. The van der Waals surface area contributed by atoms with Crippen LogP contribution in [0.3, 0.4) is 0 Å². The van der Waals surface area contributed by atoms with Crippen molar-refractivity contribution in [3.05, 3.63) is 0 Å². The van der Waals surface area contributed by atoms with Crippen LogP contribution in [-0.4, -0.2) is 69.1 Å². The standard InChI is InChI=1S/C17H34N2O4S/c1-6-7-12(16(22)23-17(3,4)5)13(20)14(21)15(18)19-8-9-24-11(2)10-19/h11-15,20-21H,6-10,18H2,1-5H3/t11?,12-,13?,14?,15?/m0/s1. The first-order valence-corrected chi connectivity index (χ1v) is 9.82. The summed E-state index contributed by atoms with van der Waals surface area (Å²) in [5.74, 6) is -0.306. The van der Waals surface area contributed by atoms with Crippen LogP contribution in [0.5, 0.6) is 0 Å². The summed E-state index contributed by atoms with van der Waals surface area (Å²) in [6.07, 6.45) is -1.96. The number of nitrogens with two attached hydrogens (primary N) is 1. The molecule has 1 aliphatic heterocycles. The number of aliphatic hydroxyl groups is 2. The van der Waals surface area contributed by atoms with Gasteiger partial charge in [0.25, 0.3) is 0 Å². The van der Waals surface area contributed by atoms with Crippen LogP contribution in [0.25, 0.3) is 0 Å². The van der Waals surface area contributed by atoms with E-state index in [-0.39, 0.29) is 0 Å². The third-order valence-electron chi connectivity index (χ3n) is 4.12. The largest absolute Gasteiger partial charge is 0.460 e. The van der Waals surface area contributed by atoms with Crippen LogP contribution >= 0.6 is 11.8 Å². The average Bonchev–Trinajstić information content (AvgIpc) is 2.48. The fourth-order valence-electron chi connectivity index (χ4n) is 2.89. The Kier molecular flexibility index (Phi) is 8.48. The van der Waals surface area contributed by atoms with E-state index >= 15 is 0 Å². The van der Waals surface area contributed by atoms with Gasteiger partial charge in [-0.25, -0.2) is 0 Å². The number of thioether (sulfide) groups is 1. The van der Waals surface area contributed by atoms with E-state index in [4.69, 9.17) is 10.5 Å². The molecule has 5 atom stereocenters. The van der Waals surface area contributed by atoms with Crippen LogP contribution in [0.15, 0.2) is 0 Å². The molecule has 6 nitrogen and oxygen atoms in total. The van der Waals surface area contributed by atoms with Crippen molar-refractivity contribution < 1.29 is 19.7 Å². The van der Waals surface area contributed by atoms with Gasteiger partial charge in [0, 0.05) is 24.1 Å². The number of ether oxygens (including phenoxy) is 1. The van der Waals surface area contributed by atoms with Crippen LogP contribution in [0, 0.1) is 5.92 Å². The van der Waals surface area contributed by atoms with Gasteiger partial charge in [0.05, 0.1) is 18.2 Å². The van der Waals surface area contributed by atoms with Crippen LogP contribution in [0.2, 0.25) is 0 Å². The van der Waals surface area contributed by atoms with E-state index in [1.807, 2.05) is 23.6 Å². The molecule has 4 unspecified atom stereocenters. The summed E-state index contributed by atoms with van der Waals surface area (Å²) in [5.41, 5.74) is 5.54. The Morgan fingerprint density at radius 1 is 1.38 bits per heavy atom. The zero-order valence-corrected chi connectivity index (χ0v) is 16.4. The molecular weight excluding hydrogens is 328 g/mol. The monoisotopic (exact) mass is 362 g/mol. The van der Waals surface area contributed by atoms with Crippen molar-refractivity contribution >= 4 is 17.7 Å². The van der Waals surface area contributed by atoms with E-state index in [9.17, 15) is 15.0 Å². The van der Waals surface area contributed by atoms with Crippen molar-refractivity contribution in [3.8, 4) is 0 Å². The molecule has 1 fully saturated rings. The first-order chi connectivity index (χ1) is 11.1. The molecule has 0 aromatic heterocycles. The van der Waals surface area contributed by atoms with Crippen molar-refractivity contribution in [2.24, 2.45) is 11.7 Å². The van der Waals surface area contributed by atoms with Gasteiger partial charge in [-0.05, 0) is 27.2 Å². The Labute approximate surface area is 150 Å². The zero-order valence-electron chi connectivity index (χ0n) is 15.6. The molecule has 0 radical (unpaired) electrons. The number of carbonyl (C=O) groups excluding carboxylic acids is 1. The summed E-state index contributed by atoms with van der Waals surface area (Å²) >= 11 is 1.87. The molecule has 142 valence electrons. The van der Waals surface area contributed by atoms with Crippen molar-refractivity contribution in [2.45, 2.75) is 76.7 Å². The lowest BCUT2D eigenvalue weighted by molar-refractivity contribution is -0.169. The number of esters is 1. The van der Waals surface area contributed by atoms with Crippen molar-refractivity contribution in [1.29, 1.82) is 0 Å². The molecule has 0 spiro atoms. The maximum absolute atomic E-state index is 12.4. The van der Waals surface area contributed by atoms with E-state index in [0.717, 1.165) is 18.8 Å². The average molecular weight is 363 g/mol. The SMILES string of the molecule is CCC[C@H](C(=O)OC(C)(C)C)C(O)C(O)C(N)N1CCSC(C)C1. The van der Waals surface area contributed by atoms with Crippen LogP contribution in [0.4, 0.5) is 0 Å². The highest BCUT2D eigenvalue weighted by Crippen LogP contribution is 2.24. The molecule has 7 heteroatoms. The molecule has 0 saturated carbocycles. The van der Waals surface area contributed by atoms with Crippen molar-refractivity contribution in [1.82, 2.24) is 4.90 Å². The van der Waals surface area contributed by atoms with Gasteiger partial charge >= 0.3 is 5.97 Å². The molecule has 4 N–H and O–H groups in total. The predicted octanol–water partition coefficient (Wildman–Crippen LogP) is 1.19. The lowest BCUT2D eigenvalue weighted by atomic mass is 9.91. The fraction of sp³-hybridized carbons (Fsp3) is 0.941. The Morgan fingerprint density at radius 3 is 2.50 bits per heavy atom. The Balaban J connectivity index is 2.77. The zero-order chi connectivity index (χ0) is 18.5. The summed E-state index contributed by atoms with van der Waals surface area (Å²) in [4.78, 5) is 14.4. The van der Waals surface area contributed by atoms with E-state index in [2.05, 4.69) is 6.92 Å². The minimum Gasteiger partial charge on any atom is -0.460 e. The second-order valence-electron chi connectivity index (χ2n) is 7.58. The number of aliphatic hydroxyl groups excluding tert-OH is 2. The summed E-state index contributed by atoms with van der Waals surface area (Å²) in [6.45, 7) is 10.9. The minimum absolute atomic E-state index is 0.437. The van der Waals surface area contributed by atoms with Gasteiger partial charge in [-0.2, -0.15) is 11.8 Å². The van der Waals surface area contributed by atoms with Gasteiger partial charge in [-0.1, -0.05) is 20.3 Å². The Morgan fingerprint density at radius 2 is 2.00 bits per heavy atom. The molecule has 1 aliphatic rings. The van der Waals surface area contributed by atoms with Gasteiger partial charge in [0.1, 0.15) is 11.7 Å². The molecule has 0 aromatic rings. The fourth-order valence-corrected chi connectivity index (χ4v) is 3.93. The third-order valence-corrected chi connectivity index (χ3v) is 5.25. The van der Waals surface area contributed by atoms with Crippen LogP contribution in [0.1, 0.15) is 47.5 Å². The maximum atomic E-state index is 12.4. The molecule has 0 bridgehead atoms. The summed E-state index contributed by atoms with van der Waals surface area (Å²) in [7, 11) is 0. The summed E-state index contributed by atoms with van der Waals surface area (Å²) < 4.78 is 5.40. The molecule has 1 heterocycles. The quantitative estimate of drug-likeness (QED) is 0.585. The van der Waals surface area contributed by atoms with Crippen LogP contribution < -0.4 is 5.73 Å². The van der Waals surface area contributed by atoms with Crippen molar-refractivity contribution in [3.63, 3.8) is 0 Å². The second-order valence-corrected chi connectivity index (χ2v) is 9.12. The number of rotatable bonds is 7. The van der Waals surface area contributed by atoms with Gasteiger partial charge in [0.2, 0.25) is 0 Å². The Bertz CT molecular complexity index is 403. The van der Waals surface area contributed by atoms with E-state index < -0.39 is 35.9 Å². The molecule has 0 aliphatic carbocycles. The Hall–Kier alpha value is -0.340. The first kappa shape index (κ1) is 21.7. The van der Waals surface area contributed by atoms with E-state index in [1.165, 1.54) is 0 Å². The molecule has 0 amide bonds. The van der Waals surface area contributed by atoms with Gasteiger partial charge in [0.15, 0.2) is 0 Å². The normalized spacial score (nSPS) is 24.9. The minimum atomic E-state index is -1.24. The summed E-state index contributed by atoms with van der Waals surface area (Å²) in [6, 6.07) is 0. The highest BCUT2D eigenvalue weighted by molar-refractivity contribution is 7.99. The maximum Gasteiger partial charge on any atom is 0.312 e. The second kappa shape index (κ2) is 9.38. The lowest BCUT2D eigenvalue weighted by Gasteiger charge is -2.39. The van der Waals surface area contributed by atoms with Gasteiger partial charge < -0.3 is 20.7 Å².